The highest BCUT2D eigenvalue weighted by Crippen LogP contribution is 2.05. The maximum Gasteiger partial charge on any atom is 0.191 e. The molecule has 0 aliphatic rings. The van der Waals surface area contributed by atoms with Crippen molar-refractivity contribution in [3.8, 4) is 0 Å². The molecule has 0 fully saturated rings. The number of halogens is 2. The molecule has 2 rings (SSSR count). The summed E-state index contributed by atoms with van der Waals surface area (Å²) in [4.78, 5) is 8.94. The summed E-state index contributed by atoms with van der Waals surface area (Å²) in [6, 6.07) is 6.40. The van der Waals surface area contributed by atoms with Gasteiger partial charge in [0.25, 0.3) is 0 Å². The van der Waals surface area contributed by atoms with Gasteiger partial charge in [0.1, 0.15) is 11.6 Å². The standard InChI is InChI=1S/C18H26FN5.HI/c1-4-20-18(22-11-15-5-7-16(19)8-6-15)23-12-17-21-9-10-24(17)13-14(2)3;/h5-10,14H,4,11-13H2,1-3H3,(H2,20,22,23);1H. The number of benzene rings is 1. The number of guanidine groups is 1. The lowest BCUT2D eigenvalue weighted by molar-refractivity contribution is 0.503. The Morgan fingerprint density at radius 2 is 1.96 bits per heavy atom. The highest BCUT2D eigenvalue weighted by Gasteiger charge is 2.06. The molecule has 1 aromatic carbocycles. The van der Waals surface area contributed by atoms with Gasteiger partial charge in [0.05, 0.1) is 13.1 Å². The van der Waals surface area contributed by atoms with Gasteiger partial charge in [-0.15, -0.1) is 24.0 Å². The summed E-state index contributed by atoms with van der Waals surface area (Å²) in [5.41, 5.74) is 0.968. The monoisotopic (exact) mass is 459 g/mol. The Balaban J connectivity index is 0.00000312. The second kappa shape index (κ2) is 11.1. The van der Waals surface area contributed by atoms with Gasteiger partial charge < -0.3 is 15.2 Å². The van der Waals surface area contributed by atoms with Crippen molar-refractivity contribution >= 4 is 29.9 Å². The van der Waals surface area contributed by atoms with Gasteiger partial charge in [0, 0.05) is 25.5 Å². The SMILES string of the molecule is CCNC(=NCc1ccc(F)cc1)NCc1nccn1CC(C)C.I. The molecule has 1 heterocycles. The average Bonchev–Trinajstić information content (AvgIpc) is 2.98. The van der Waals surface area contributed by atoms with Gasteiger partial charge in [-0.3, -0.25) is 0 Å². The minimum Gasteiger partial charge on any atom is -0.357 e. The van der Waals surface area contributed by atoms with Crippen LogP contribution in [0.15, 0.2) is 41.7 Å². The minimum atomic E-state index is -0.232. The van der Waals surface area contributed by atoms with Crippen molar-refractivity contribution in [3.05, 3.63) is 53.9 Å². The molecule has 0 unspecified atom stereocenters. The zero-order chi connectivity index (χ0) is 17.4. The van der Waals surface area contributed by atoms with Crippen molar-refractivity contribution in [2.24, 2.45) is 10.9 Å². The van der Waals surface area contributed by atoms with E-state index in [1.54, 1.807) is 12.1 Å². The summed E-state index contributed by atoms with van der Waals surface area (Å²) in [5, 5.41) is 6.51. The first kappa shape index (κ1) is 21.4. The first-order valence-electron chi connectivity index (χ1n) is 8.35. The predicted octanol–water partition coefficient (Wildman–Crippen LogP) is 3.55. The number of nitrogens with one attached hydrogen (secondary N) is 2. The molecule has 138 valence electrons. The number of aromatic nitrogens is 2. The van der Waals surface area contributed by atoms with Crippen molar-refractivity contribution < 1.29 is 4.39 Å². The topological polar surface area (TPSA) is 54.2 Å². The van der Waals surface area contributed by atoms with Crippen molar-refractivity contribution in [1.29, 1.82) is 0 Å². The van der Waals surface area contributed by atoms with E-state index in [2.05, 4.69) is 39.0 Å². The number of rotatable bonds is 7. The smallest absolute Gasteiger partial charge is 0.191 e. The fourth-order valence-electron chi connectivity index (χ4n) is 2.33. The van der Waals surface area contributed by atoms with Gasteiger partial charge in [-0.1, -0.05) is 26.0 Å². The molecular formula is C18H27FIN5. The second-order valence-electron chi connectivity index (χ2n) is 6.06. The van der Waals surface area contributed by atoms with Crippen LogP contribution in [0.2, 0.25) is 0 Å². The third-order valence-corrected chi connectivity index (χ3v) is 3.45. The van der Waals surface area contributed by atoms with E-state index >= 15 is 0 Å². The first-order valence-corrected chi connectivity index (χ1v) is 8.35. The third-order valence-electron chi connectivity index (χ3n) is 3.45. The van der Waals surface area contributed by atoms with E-state index < -0.39 is 0 Å². The minimum absolute atomic E-state index is 0. The van der Waals surface area contributed by atoms with Crippen LogP contribution in [-0.2, 0) is 19.6 Å². The molecule has 5 nitrogen and oxygen atoms in total. The van der Waals surface area contributed by atoms with Crippen LogP contribution in [0.3, 0.4) is 0 Å². The molecule has 7 heteroatoms. The van der Waals surface area contributed by atoms with Crippen LogP contribution in [0.25, 0.3) is 0 Å². The number of hydrogen-bond donors (Lipinski definition) is 2. The normalized spacial score (nSPS) is 11.3. The van der Waals surface area contributed by atoms with Gasteiger partial charge in [-0.2, -0.15) is 0 Å². The van der Waals surface area contributed by atoms with Crippen LogP contribution in [0, 0.1) is 11.7 Å². The van der Waals surface area contributed by atoms with E-state index in [1.807, 2.05) is 19.3 Å². The van der Waals surface area contributed by atoms with Crippen LogP contribution in [0.4, 0.5) is 4.39 Å². The molecule has 0 atom stereocenters. The fourth-order valence-corrected chi connectivity index (χ4v) is 2.33. The quantitative estimate of drug-likeness (QED) is 0.379. The van der Waals surface area contributed by atoms with E-state index in [-0.39, 0.29) is 29.8 Å². The summed E-state index contributed by atoms with van der Waals surface area (Å²) in [5.74, 6) is 2.04. The van der Waals surface area contributed by atoms with E-state index in [9.17, 15) is 4.39 Å². The molecule has 2 N–H and O–H groups in total. The number of aliphatic imine (C=N–C) groups is 1. The molecule has 25 heavy (non-hydrogen) atoms. The summed E-state index contributed by atoms with van der Waals surface area (Å²) >= 11 is 0. The summed E-state index contributed by atoms with van der Waals surface area (Å²) in [6.45, 7) is 9.21. The van der Waals surface area contributed by atoms with E-state index in [0.717, 1.165) is 30.4 Å². The summed E-state index contributed by atoms with van der Waals surface area (Å²) in [6.07, 6.45) is 3.82. The maximum absolute atomic E-state index is 12.9. The Kier molecular flexibility index (Phi) is 9.48. The maximum atomic E-state index is 12.9. The Bertz CT molecular complexity index is 652. The second-order valence-corrected chi connectivity index (χ2v) is 6.06. The lowest BCUT2D eigenvalue weighted by Crippen LogP contribution is -2.37. The lowest BCUT2D eigenvalue weighted by Gasteiger charge is -2.13. The Labute approximate surface area is 166 Å². The van der Waals surface area contributed by atoms with Crippen LogP contribution < -0.4 is 10.6 Å². The van der Waals surface area contributed by atoms with Gasteiger partial charge in [0.15, 0.2) is 5.96 Å². The van der Waals surface area contributed by atoms with Crippen molar-refractivity contribution in [3.63, 3.8) is 0 Å². The Hall–Kier alpha value is -1.64. The predicted molar refractivity (Wildman–Crippen MR) is 111 cm³/mol. The average molecular weight is 459 g/mol. The fraction of sp³-hybridized carbons (Fsp3) is 0.444. The number of nitrogens with zero attached hydrogens (tertiary/aromatic N) is 3. The first-order chi connectivity index (χ1) is 11.6. The van der Waals surface area contributed by atoms with Gasteiger partial charge >= 0.3 is 0 Å². The summed E-state index contributed by atoms with van der Waals surface area (Å²) < 4.78 is 15.1. The van der Waals surface area contributed by atoms with Crippen molar-refractivity contribution in [2.45, 2.75) is 40.4 Å². The van der Waals surface area contributed by atoms with Gasteiger partial charge in [-0.05, 0) is 30.5 Å². The molecule has 0 saturated carbocycles. The summed E-state index contributed by atoms with van der Waals surface area (Å²) in [7, 11) is 0. The number of imidazole rings is 1. The molecule has 2 aromatic rings. The van der Waals surface area contributed by atoms with Crippen molar-refractivity contribution in [1.82, 2.24) is 20.2 Å². The van der Waals surface area contributed by atoms with Crippen LogP contribution in [0.5, 0.6) is 0 Å². The van der Waals surface area contributed by atoms with E-state index in [4.69, 9.17) is 0 Å². The van der Waals surface area contributed by atoms with Gasteiger partial charge in [-0.25, -0.2) is 14.4 Å². The van der Waals surface area contributed by atoms with Crippen LogP contribution in [-0.4, -0.2) is 22.1 Å². The van der Waals surface area contributed by atoms with E-state index in [1.165, 1.54) is 12.1 Å². The zero-order valence-corrected chi connectivity index (χ0v) is 17.3. The molecule has 1 aromatic heterocycles. The Morgan fingerprint density at radius 1 is 1.24 bits per heavy atom. The molecule has 0 amide bonds. The number of hydrogen-bond acceptors (Lipinski definition) is 2. The molecular weight excluding hydrogens is 432 g/mol. The largest absolute Gasteiger partial charge is 0.357 e. The highest BCUT2D eigenvalue weighted by atomic mass is 127. The highest BCUT2D eigenvalue weighted by molar-refractivity contribution is 14.0. The molecule has 0 radical (unpaired) electrons. The molecule has 0 saturated heterocycles. The van der Waals surface area contributed by atoms with Crippen LogP contribution in [0.1, 0.15) is 32.2 Å². The van der Waals surface area contributed by atoms with Crippen molar-refractivity contribution in [2.75, 3.05) is 6.54 Å². The molecule has 0 bridgehead atoms. The lowest BCUT2D eigenvalue weighted by atomic mass is 10.2. The third kappa shape index (κ3) is 7.41. The molecule has 0 aliphatic carbocycles. The zero-order valence-electron chi connectivity index (χ0n) is 15.0. The Morgan fingerprint density at radius 3 is 2.60 bits per heavy atom. The molecule has 0 spiro atoms. The molecule has 0 aliphatic heterocycles. The van der Waals surface area contributed by atoms with Crippen LogP contribution >= 0.6 is 24.0 Å². The van der Waals surface area contributed by atoms with Gasteiger partial charge in [0.2, 0.25) is 0 Å². The van der Waals surface area contributed by atoms with E-state index in [0.29, 0.717) is 19.0 Å².